The molecule has 0 aliphatic carbocycles. The quantitative estimate of drug-likeness (QED) is 0.734. The van der Waals surface area contributed by atoms with Crippen LogP contribution in [0.5, 0.6) is 11.5 Å². The lowest BCUT2D eigenvalue weighted by atomic mass is 10.1. The van der Waals surface area contributed by atoms with Gasteiger partial charge in [0.2, 0.25) is 0 Å². The molecular formula is C18H22BrNO3. The molecule has 0 saturated heterocycles. The molecule has 2 rings (SSSR count). The molecule has 0 aliphatic rings. The summed E-state index contributed by atoms with van der Waals surface area (Å²) in [6.45, 7) is 3.55. The van der Waals surface area contributed by atoms with E-state index < -0.39 is 6.10 Å². The number of ether oxygens (including phenoxy) is 2. The van der Waals surface area contributed by atoms with E-state index in [0.717, 1.165) is 21.3 Å². The van der Waals surface area contributed by atoms with Crippen LogP contribution in [0.3, 0.4) is 0 Å². The van der Waals surface area contributed by atoms with Gasteiger partial charge in [-0.05, 0) is 24.6 Å². The average molecular weight is 380 g/mol. The first-order chi connectivity index (χ1) is 11.2. The van der Waals surface area contributed by atoms with Crippen molar-refractivity contribution in [1.82, 2.24) is 5.32 Å². The van der Waals surface area contributed by atoms with E-state index in [0.29, 0.717) is 25.4 Å². The zero-order valence-electron chi connectivity index (χ0n) is 13.4. The predicted octanol–water partition coefficient (Wildman–Crippen LogP) is 3.68. The summed E-state index contributed by atoms with van der Waals surface area (Å²) in [7, 11) is 1.63. The summed E-state index contributed by atoms with van der Waals surface area (Å²) in [5.74, 6) is 1.43. The molecule has 0 aliphatic heterocycles. The van der Waals surface area contributed by atoms with Crippen LogP contribution in [0.15, 0.2) is 46.9 Å². The zero-order valence-corrected chi connectivity index (χ0v) is 15.0. The summed E-state index contributed by atoms with van der Waals surface area (Å²) in [5.41, 5.74) is 1.88. The topological polar surface area (TPSA) is 50.7 Å². The second-order valence-corrected chi connectivity index (χ2v) is 6.00. The molecule has 23 heavy (non-hydrogen) atoms. The maximum absolute atomic E-state index is 10.2. The van der Waals surface area contributed by atoms with Crippen LogP contribution in [0.2, 0.25) is 0 Å². The van der Waals surface area contributed by atoms with Crippen molar-refractivity contribution in [3.8, 4) is 11.5 Å². The SMILES string of the molecule is CCOc1c(CNC[C@H](O)c2ccccc2)cc(Br)cc1OC. The van der Waals surface area contributed by atoms with E-state index in [1.54, 1.807) is 7.11 Å². The van der Waals surface area contributed by atoms with Crippen molar-refractivity contribution in [2.45, 2.75) is 19.6 Å². The summed E-state index contributed by atoms with van der Waals surface area (Å²) in [5, 5.41) is 13.5. The van der Waals surface area contributed by atoms with E-state index in [2.05, 4.69) is 21.2 Å². The molecule has 0 amide bonds. The van der Waals surface area contributed by atoms with Gasteiger partial charge in [0.1, 0.15) is 0 Å². The molecule has 124 valence electrons. The Morgan fingerprint density at radius 2 is 1.96 bits per heavy atom. The number of hydrogen-bond donors (Lipinski definition) is 2. The first-order valence-electron chi connectivity index (χ1n) is 7.58. The van der Waals surface area contributed by atoms with Crippen molar-refractivity contribution in [2.75, 3.05) is 20.3 Å². The van der Waals surface area contributed by atoms with E-state index >= 15 is 0 Å². The fourth-order valence-electron chi connectivity index (χ4n) is 2.35. The molecule has 0 radical (unpaired) electrons. The molecule has 0 unspecified atom stereocenters. The van der Waals surface area contributed by atoms with E-state index in [1.807, 2.05) is 49.4 Å². The lowest BCUT2D eigenvalue weighted by Crippen LogP contribution is -2.21. The van der Waals surface area contributed by atoms with Gasteiger partial charge in [0.05, 0.1) is 19.8 Å². The number of aliphatic hydroxyl groups is 1. The Morgan fingerprint density at radius 3 is 2.61 bits per heavy atom. The van der Waals surface area contributed by atoms with Gasteiger partial charge in [0.15, 0.2) is 11.5 Å². The number of rotatable bonds is 8. The van der Waals surface area contributed by atoms with E-state index in [4.69, 9.17) is 9.47 Å². The summed E-state index contributed by atoms with van der Waals surface area (Å²) in [6.07, 6.45) is -0.541. The maximum atomic E-state index is 10.2. The molecule has 0 heterocycles. The van der Waals surface area contributed by atoms with Crippen LogP contribution in [-0.4, -0.2) is 25.4 Å². The number of halogens is 1. The monoisotopic (exact) mass is 379 g/mol. The highest BCUT2D eigenvalue weighted by Crippen LogP contribution is 2.34. The van der Waals surface area contributed by atoms with Crippen molar-refractivity contribution >= 4 is 15.9 Å². The molecule has 2 aromatic rings. The first kappa shape index (κ1) is 17.8. The molecule has 1 atom stereocenters. The highest BCUT2D eigenvalue weighted by molar-refractivity contribution is 9.10. The minimum absolute atomic E-state index is 0.463. The van der Waals surface area contributed by atoms with Crippen molar-refractivity contribution in [3.05, 3.63) is 58.1 Å². The fourth-order valence-corrected chi connectivity index (χ4v) is 2.83. The van der Waals surface area contributed by atoms with Gasteiger partial charge in [-0.2, -0.15) is 0 Å². The third-order valence-electron chi connectivity index (χ3n) is 3.44. The minimum Gasteiger partial charge on any atom is -0.493 e. The van der Waals surface area contributed by atoms with Crippen LogP contribution in [-0.2, 0) is 6.54 Å². The molecule has 2 N–H and O–H groups in total. The van der Waals surface area contributed by atoms with Crippen molar-refractivity contribution in [1.29, 1.82) is 0 Å². The van der Waals surface area contributed by atoms with Crippen LogP contribution in [0.25, 0.3) is 0 Å². The Balaban J connectivity index is 2.03. The highest BCUT2D eigenvalue weighted by atomic mass is 79.9. The predicted molar refractivity (Wildman–Crippen MR) is 95.0 cm³/mol. The Labute approximate surface area is 145 Å². The molecule has 0 bridgehead atoms. The largest absolute Gasteiger partial charge is 0.493 e. The van der Waals surface area contributed by atoms with E-state index in [9.17, 15) is 5.11 Å². The molecule has 5 heteroatoms. The van der Waals surface area contributed by atoms with Gasteiger partial charge in [-0.15, -0.1) is 0 Å². The lowest BCUT2D eigenvalue weighted by Gasteiger charge is -2.17. The number of methoxy groups -OCH3 is 1. The van der Waals surface area contributed by atoms with E-state index in [1.165, 1.54) is 0 Å². The first-order valence-corrected chi connectivity index (χ1v) is 8.38. The van der Waals surface area contributed by atoms with Crippen LogP contribution < -0.4 is 14.8 Å². The Kier molecular flexibility index (Phi) is 6.89. The molecule has 0 spiro atoms. The van der Waals surface area contributed by atoms with Gasteiger partial charge < -0.3 is 19.9 Å². The van der Waals surface area contributed by atoms with Gasteiger partial charge in [0, 0.05) is 23.1 Å². The van der Waals surface area contributed by atoms with Crippen molar-refractivity contribution in [2.24, 2.45) is 0 Å². The molecule has 2 aromatic carbocycles. The number of hydrogen-bond acceptors (Lipinski definition) is 4. The minimum atomic E-state index is -0.541. The normalized spacial score (nSPS) is 12.0. The molecule has 4 nitrogen and oxygen atoms in total. The highest BCUT2D eigenvalue weighted by Gasteiger charge is 2.13. The van der Waals surface area contributed by atoms with Gasteiger partial charge >= 0.3 is 0 Å². The summed E-state index contributed by atoms with van der Waals surface area (Å²) in [4.78, 5) is 0. The van der Waals surface area contributed by atoms with Crippen LogP contribution in [0.1, 0.15) is 24.2 Å². The summed E-state index contributed by atoms with van der Waals surface area (Å²) in [6, 6.07) is 13.5. The van der Waals surface area contributed by atoms with Gasteiger partial charge in [-0.3, -0.25) is 0 Å². The number of benzene rings is 2. The van der Waals surface area contributed by atoms with Crippen molar-refractivity contribution < 1.29 is 14.6 Å². The molecular weight excluding hydrogens is 358 g/mol. The zero-order chi connectivity index (χ0) is 16.7. The third-order valence-corrected chi connectivity index (χ3v) is 3.90. The summed E-state index contributed by atoms with van der Waals surface area (Å²) >= 11 is 3.48. The molecule has 0 saturated carbocycles. The van der Waals surface area contributed by atoms with Gasteiger partial charge in [-0.25, -0.2) is 0 Å². The smallest absolute Gasteiger partial charge is 0.165 e. The average Bonchev–Trinajstić information content (AvgIpc) is 2.57. The molecule has 0 aromatic heterocycles. The van der Waals surface area contributed by atoms with Gasteiger partial charge in [0.25, 0.3) is 0 Å². The van der Waals surface area contributed by atoms with Crippen LogP contribution in [0.4, 0.5) is 0 Å². The second-order valence-electron chi connectivity index (χ2n) is 5.09. The van der Waals surface area contributed by atoms with Crippen molar-refractivity contribution in [3.63, 3.8) is 0 Å². The lowest BCUT2D eigenvalue weighted by molar-refractivity contribution is 0.174. The Bertz CT molecular complexity index is 619. The van der Waals surface area contributed by atoms with Crippen LogP contribution >= 0.6 is 15.9 Å². The van der Waals surface area contributed by atoms with Crippen LogP contribution in [0, 0.1) is 0 Å². The maximum Gasteiger partial charge on any atom is 0.165 e. The Morgan fingerprint density at radius 1 is 1.22 bits per heavy atom. The van der Waals surface area contributed by atoms with E-state index in [-0.39, 0.29) is 0 Å². The van der Waals surface area contributed by atoms with Gasteiger partial charge in [-0.1, -0.05) is 46.3 Å². The second kappa shape index (κ2) is 8.91. The number of aliphatic hydroxyl groups excluding tert-OH is 1. The Hall–Kier alpha value is -1.56. The fraction of sp³-hybridized carbons (Fsp3) is 0.333. The standard InChI is InChI=1S/C18H22BrNO3/c1-3-23-18-14(9-15(19)10-17(18)22-2)11-20-12-16(21)13-7-5-4-6-8-13/h4-10,16,20-21H,3,11-12H2,1-2H3/t16-/m0/s1. The molecule has 0 fully saturated rings. The number of nitrogens with one attached hydrogen (secondary N) is 1. The summed E-state index contributed by atoms with van der Waals surface area (Å²) < 4.78 is 12.0. The third kappa shape index (κ3) is 4.96.